The number of H-pyrrole nitrogens is 1. The molecule has 1 amide bonds. The van der Waals surface area contributed by atoms with Crippen molar-refractivity contribution in [2.24, 2.45) is 0 Å². The largest absolute Gasteiger partial charge is 0.341 e. The molecule has 0 bridgehead atoms. The molecule has 3 aromatic heterocycles. The smallest absolute Gasteiger partial charge is 0.237 e. The van der Waals surface area contributed by atoms with Gasteiger partial charge in [-0.3, -0.25) is 14.3 Å². The van der Waals surface area contributed by atoms with Gasteiger partial charge in [0.2, 0.25) is 5.91 Å². The molecule has 1 aromatic carbocycles. The minimum Gasteiger partial charge on any atom is -0.341 e. The fourth-order valence-electron chi connectivity index (χ4n) is 4.78. The summed E-state index contributed by atoms with van der Waals surface area (Å²) in [4.78, 5) is 34.7. The van der Waals surface area contributed by atoms with Gasteiger partial charge in [0.1, 0.15) is 17.5 Å². The molecule has 1 N–H and O–H groups in total. The summed E-state index contributed by atoms with van der Waals surface area (Å²) in [5.41, 5.74) is 2.90. The number of likely N-dealkylation sites (N-methyl/N-ethyl adjacent to an activating group) is 1. The van der Waals surface area contributed by atoms with Crippen molar-refractivity contribution in [1.82, 2.24) is 34.3 Å². The van der Waals surface area contributed by atoms with E-state index in [-0.39, 0.29) is 11.9 Å². The molecule has 0 radical (unpaired) electrons. The van der Waals surface area contributed by atoms with E-state index in [0.29, 0.717) is 19.0 Å². The van der Waals surface area contributed by atoms with Crippen molar-refractivity contribution < 1.29 is 4.79 Å². The summed E-state index contributed by atoms with van der Waals surface area (Å²) in [6.45, 7) is 5.94. The molecule has 1 fully saturated rings. The van der Waals surface area contributed by atoms with Gasteiger partial charge >= 0.3 is 0 Å². The topological polar surface area (TPSA) is 82.9 Å². The number of benzene rings is 1. The zero-order chi connectivity index (χ0) is 23.7. The first-order valence-corrected chi connectivity index (χ1v) is 11.9. The summed E-state index contributed by atoms with van der Waals surface area (Å²) >= 11 is 0. The lowest BCUT2D eigenvalue weighted by Crippen LogP contribution is -2.38. The molecular weight excluding hydrogens is 426 g/mol. The van der Waals surface area contributed by atoms with E-state index in [0.717, 1.165) is 53.6 Å². The second-order valence-corrected chi connectivity index (χ2v) is 9.35. The number of aromatic nitrogens is 5. The zero-order valence-electron chi connectivity index (χ0n) is 20.0. The minimum absolute atomic E-state index is 0.00178. The fourth-order valence-corrected chi connectivity index (χ4v) is 4.78. The summed E-state index contributed by atoms with van der Waals surface area (Å²) < 4.78 is 2.04. The van der Waals surface area contributed by atoms with Gasteiger partial charge in [-0.2, -0.15) is 0 Å². The number of para-hydroxylation sites is 2. The quantitative estimate of drug-likeness (QED) is 0.452. The Labute approximate surface area is 199 Å². The number of pyridine rings is 1. The van der Waals surface area contributed by atoms with Gasteiger partial charge in [-0.15, -0.1) is 0 Å². The number of hydrogen-bond acceptors (Lipinski definition) is 5. The predicted molar refractivity (Wildman–Crippen MR) is 132 cm³/mol. The van der Waals surface area contributed by atoms with Gasteiger partial charge in [0, 0.05) is 24.9 Å². The Morgan fingerprint density at radius 3 is 2.85 bits per heavy atom. The van der Waals surface area contributed by atoms with Gasteiger partial charge in [-0.05, 0) is 44.2 Å². The Balaban J connectivity index is 1.29. The average molecular weight is 458 g/mol. The first kappa shape index (κ1) is 22.3. The number of hydrogen-bond donors (Lipinski definition) is 1. The highest BCUT2D eigenvalue weighted by atomic mass is 16.2. The number of carbonyl (C=O) groups is 1. The van der Waals surface area contributed by atoms with E-state index in [1.807, 2.05) is 76.3 Å². The van der Waals surface area contributed by atoms with Crippen molar-refractivity contribution >= 4 is 16.9 Å². The van der Waals surface area contributed by atoms with Crippen LogP contribution >= 0.6 is 0 Å². The van der Waals surface area contributed by atoms with Crippen LogP contribution in [-0.2, 0) is 11.3 Å². The molecule has 5 rings (SSSR count). The molecule has 1 saturated heterocycles. The van der Waals surface area contributed by atoms with Crippen LogP contribution in [-0.4, -0.2) is 60.3 Å². The Kier molecular flexibility index (Phi) is 6.15. The van der Waals surface area contributed by atoms with E-state index in [1.54, 1.807) is 0 Å². The van der Waals surface area contributed by atoms with E-state index in [4.69, 9.17) is 4.98 Å². The Bertz CT molecular complexity index is 1260. The third kappa shape index (κ3) is 4.46. The molecule has 1 aliphatic rings. The SMILES string of the molecule is CC(C)c1nccn1-c1cccc(C2CCCN2C(=O)CN(C)Cc2nc3ccccc3[nH]2)n1. The highest BCUT2D eigenvalue weighted by Gasteiger charge is 2.31. The van der Waals surface area contributed by atoms with Crippen LogP contribution in [0.25, 0.3) is 16.9 Å². The number of amides is 1. The van der Waals surface area contributed by atoms with E-state index in [9.17, 15) is 4.79 Å². The molecule has 1 aliphatic heterocycles. The van der Waals surface area contributed by atoms with Gasteiger partial charge in [-0.1, -0.05) is 32.0 Å². The summed E-state index contributed by atoms with van der Waals surface area (Å²) in [5.74, 6) is 3.12. The Morgan fingerprint density at radius 2 is 2.03 bits per heavy atom. The number of likely N-dealkylation sites (tertiary alicyclic amines) is 1. The van der Waals surface area contributed by atoms with E-state index >= 15 is 0 Å². The monoisotopic (exact) mass is 457 g/mol. The van der Waals surface area contributed by atoms with Crippen molar-refractivity contribution in [2.45, 2.75) is 45.2 Å². The summed E-state index contributed by atoms with van der Waals surface area (Å²) in [6.07, 6.45) is 5.67. The standard InChI is InChI=1S/C26H31N7O/c1-18(2)26-27-13-15-33(26)24-12-6-10-21(30-24)22-11-7-14-32(22)25(34)17-31(3)16-23-28-19-8-4-5-9-20(19)29-23/h4-6,8-10,12-13,15,18,22H,7,11,14,16-17H2,1-3H3,(H,28,29). The number of fused-ring (bicyclic) bond motifs is 1. The molecule has 34 heavy (non-hydrogen) atoms. The number of nitrogens with one attached hydrogen (secondary N) is 1. The first-order valence-electron chi connectivity index (χ1n) is 11.9. The third-order valence-electron chi connectivity index (χ3n) is 6.37. The van der Waals surface area contributed by atoms with E-state index in [1.165, 1.54) is 0 Å². The maximum atomic E-state index is 13.3. The predicted octanol–water partition coefficient (Wildman–Crippen LogP) is 4.06. The highest BCUT2D eigenvalue weighted by Crippen LogP contribution is 2.31. The lowest BCUT2D eigenvalue weighted by molar-refractivity contribution is -0.133. The van der Waals surface area contributed by atoms with Crippen LogP contribution in [0, 0.1) is 0 Å². The van der Waals surface area contributed by atoms with Crippen LogP contribution in [0.5, 0.6) is 0 Å². The maximum Gasteiger partial charge on any atom is 0.237 e. The molecule has 0 saturated carbocycles. The third-order valence-corrected chi connectivity index (χ3v) is 6.37. The first-order chi connectivity index (χ1) is 16.5. The lowest BCUT2D eigenvalue weighted by Gasteiger charge is -2.27. The van der Waals surface area contributed by atoms with E-state index < -0.39 is 0 Å². The van der Waals surface area contributed by atoms with Crippen molar-refractivity contribution in [3.63, 3.8) is 0 Å². The van der Waals surface area contributed by atoms with Crippen LogP contribution in [0.3, 0.4) is 0 Å². The minimum atomic E-state index is -0.00178. The molecule has 8 nitrogen and oxygen atoms in total. The molecule has 4 heterocycles. The summed E-state index contributed by atoms with van der Waals surface area (Å²) in [7, 11) is 1.96. The van der Waals surface area contributed by atoms with Crippen LogP contribution in [0.1, 0.15) is 56.0 Å². The lowest BCUT2D eigenvalue weighted by atomic mass is 10.1. The maximum absolute atomic E-state index is 13.3. The van der Waals surface area contributed by atoms with Crippen LogP contribution < -0.4 is 0 Å². The van der Waals surface area contributed by atoms with Crippen molar-refractivity contribution in [2.75, 3.05) is 20.1 Å². The van der Waals surface area contributed by atoms with Gasteiger partial charge < -0.3 is 9.88 Å². The molecule has 176 valence electrons. The van der Waals surface area contributed by atoms with Gasteiger partial charge in [0.15, 0.2) is 0 Å². The fraction of sp³-hybridized carbons (Fsp3) is 0.385. The molecule has 1 atom stereocenters. The Morgan fingerprint density at radius 1 is 1.18 bits per heavy atom. The number of rotatable bonds is 7. The Hall–Kier alpha value is -3.52. The number of nitrogens with zero attached hydrogens (tertiary/aromatic N) is 6. The molecular formula is C26H31N7O. The normalized spacial score (nSPS) is 16.3. The van der Waals surface area contributed by atoms with Crippen molar-refractivity contribution in [1.29, 1.82) is 0 Å². The number of imidazole rings is 2. The van der Waals surface area contributed by atoms with Gasteiger partial charge in [-0.25, -0.2) is 15.0 Å². The van der Waals surface area contributed by atoms with Crippen LogP contribution in [0.4, 0.5) is 0 Å². The van der Waals surface area contributed by atoms with E-state index in [2.05, 4.69) is 28.8 Å². The molecule has 1 unspecified atom stereocenters. The molecule has 4 aromatic rings. The molecule has 8 heteroatoms. The second-order valence-electron chi connectivity index (χ2n) is 9.35. The van der Waals surface area contributed by atoms with Crippen molar-refractivity contribution in [3.8, 4) is 5.82 Å². The van der Waals surface area contributed by atoms with Crippen molar-refractivity contribution in [3.05, 3.63) is 72.2 Å². The van der Waals surface area contributed by atoms with Crippen LogP contribution in [0.2, 0.25) is 0 Å². The highest BCUT2D eigenvalue weighted by molar-refractivity contribution is 5.79. The van der Waals surface area contributed by atoms with Gasteiger partial charge in [0.05, 0.1) is 35.9 Å². The second kappa shape index (κ2) is 9.38. The zero-order valence-corrected chi connectivity index (χ0v) is 20.0. The molecule has 0 spiro atoms. The summed E-state index contributed by atoms with van der Waals surface area (Å²) in [6, 6.07) is 14.0. The van der Waals surface area contributed by atoms with Gasteiger partial charge in [0.25, 0.3) is 0 Å². The number of aromatic amines is 1. The molecule has 0 aliphatic carbocycles. The average Bonchev–Trinajstić information content (AvgIpc) is 3.57. The number of carbonyl (C=O) groups excluding carboxylic acids is 1. The van der Waals surface area contributed by atoms with Crippen LogP contribution in [0.15, 0.2) is 54.9 Å². The summed E-state index contributed by atoms with van der Waals surface area (Å²) in [5, 5.41) is 0.